The fraction of sp³-hybridized carbons (Fsp3) is 0.364. The Morgan fingerprint density at radius 2 is 2.13 bits per heavy atom. The summed E-state index contributed by atoms with van der Waals surface area (Å²) in [5.41, 5.74) is 2.72. The first-order valence-electron chi connectivity index (χ1n) is 4.97. The van der Waals surface area contributed by atoms with Gasteiger partial charge in [0, 0.05) is 18.2 Å². The second-order valence-electron chi connectivity index (χ2n) is 4.11. The Hall–Kier alpha value is -1.45. The van der Waals surface area contributed by atoms with Gasteiger partial charge in [0.05, 0.1) is 11.7 Å². The van der Waals surface area contributed by atoms with E-state index in [1.54, 1.807) is 6.20 Å². The molecule has 0 unspecified atom stereocenters. The van der Waals surface area contributed by atoms with E-state index in [9.17, 15) is 8.78 Å². The van der Waals surface area contributed by atoms with Crippen LogP contribution in [0.1, 0.15) is 17.5 Å². The van der Waals surface area contributed by atoms with Gasteiger partial charge in [0.25, 0.3) is 5.92 Å². The SMILES string of the molecule is FC1(F)CCc2cc3[nH]ncc3cc2C1. The highest BCUT2D eigenvalue weighted by Crippen LogP contribution is 2.34. The van der Waals surface area contributed by atoms with Gasteiger partial charge in [-0.15, -0.1) is 0 Å². The third-order valence-corrected chi connectivity index (χ3v) is 2.97. The number of aryl methyl sites for hydroxylation is 1. The van der Waals surface area contributed by atoms with Gasteiger partial charge in [-0.1, -0.05) is 0 Å². The molecule has 0 spiro atoms. The number of nitrogens with zero attached hydrogens (tertiary/aromatic N) is 1. The van der Waals surface area contributed by atoms with Gasteiger partial charge in [-0.25, -0.2) is 8.78 Å². The predicted molar refractivity (Wildman–Crippen MR) is 53.1 cm³/mol. The van der Waals surface area contributed by atoms with Crippen LogP contribution in [-0.2, 0) is 12.8 Å². The smallest absolute Gasteiger partial charge is 0.252 e. The number of benzene rings is 1. The highest BCUT2D eigenvalue weighted by Gasteiger charge is 2.33. The van der Waals surface area contributed by atoms with E-state index in [2.05, 4.69) is 10.2 Å². The quantitative estimate of drug-likeness (QED) is 0.708. The van der Waals surface area contributed by atoms with Gasteiger partial charge in [0.15, 0.2) is 0 Å². The fourth-order valence-electron chi connectivity index (χ4n) is 2.17. The fourth-order valence-corrected chi connectivity index (χ4v) is 2.17. The molecule has 1 N–H and O–H groups in total. The first kappa shape index (κ1) is 8.83. The van der Waals surface area contributed by atoms with Gasteiger partial charge >= 0.3 is 0 Å². The summed E-state index contributed by atoms with van der Waals surface area (Å²) in [4.78, 5) is 0. The standard InChI is InChI=1S/C11H10F2N2/c12-11(13)2-1-7-4-10-9(6-14-15-10)3-8(7)5-11/h3-4,6H,1-2,5H2,(H,14,15). The molecule has 1 aromatic heterocycles. The number of hydrogen-bond acceptors (Lipinski definition) is 1. The molecule has 1 aromatic carbocycles. The van der Waals surface area contributed by atoms with Gasteiger partial charge in [-0.05, 0) is 29.7 Å². The molecule has 0 aliphatic heterocycles. The Kier molecular flexibility index (Phi) is 1.63. The van der Waals surface area contributed by atoms with E-state index in [0.717, 1.165) is 22.0 Å². The van der Waals surface area contributed by atoms with E-state index >= 15 is 0 Å². The molecule has 0 saturated carbocycles. The van der Waals surface area contributed by atoms with Crippen molar-refractivity contribution in [3.05, 3.63) is 29.5 Å². The van der Waals surface area contributed by atoms with Gasteiger partial charge in [-0.3, -0.25) is 5.10 Å². The molecule has 2 aromatic rings. The number of alkyl halides is 2. The number of fused-ring (bicyclic) bond motifs is 2. The molecule has 1 aliphatic rings. The van der Waals surface area contributed by atoms with Crippen LogP contribution in [0.5, 0.6) is 0 Å². The lowest BCUT2D eigenvalue weighted by Crippen LogP contribution is -2.25. The van der Waals surface area contributed by atoms with Crippen molar-refractivity contribution in [1.82, 2.24) is 10.2 Å². The van der Waals surface area contributed by atoms with Crippen molar-refractivity contribution >= 4 is 10.9 Å². The van der Waals surface area contributed by atoms with Crippen LogP contribution < -0.4 is 0 Å². The highest BCUT2D eigenvalue weighted by atomic mass is 19.3. The van der Waals surface area contributed by atoms with E-state index in [0.29, 0.717) is 6.42 Å². The molecule has 4 heteroatoms. The first-order valence-corrected chi connectivity index (χ1v) is 4.97. The van der Waals surface area contributed by atoms with Crippen LogP contribution in [0.4, 0.5) is 8.78 Å². The van der Waals surface area contributed by atoms with Crippen LogP contribution >= 0.6 is 0 Å². The minimum absolute atomic E-state index is 0.0420. The maximum absolute atomic E-state index is 13.2. The van der Waals surface area contributed by atoms with Crippen molar-refractivity contribution in [2.24, 2.45) is 0 Å². The Bertz CT molecular complexity index is 516. The second kappa shape index (κ2) is 2.78. The van der Waals surface area contributed by atoms with Gasteiger partial charge in [0.1, 0.15) is 0 Å². The monoisotopic (exact) mass is 208 g/mol. The van der Waals surface area contributed by atoms with Crippen molar-refractivity contribution in [2.75, 3.05) is 0 Å². The Morgan fingerprint density at radius 1 is 1.27 bits per heavy atom. The largest absolute Gasteiger partial charge is 0.278 e. The zero-order valence-corrected chi connectivity index (χ0v) is 8.06. The number of aromatic amines is 1. The Labute approximate surface area is 85.3 Å². The number of nitrogens with one attached hydrogen (secondary N) is 1. The minimum atomic E-state index is -2.54. The molecule has 1 heterocycles. The average molecular weight is 208 g/mol. The predicted octanol–water partition coefficient (Wildman–Crippen LogP) is 2.69. The van der Waals surface area contributed by atoms with Gasteiger partial charge in [0.2, 0.25) is 0 Å². The summed E-state index contributed by atoms with van der Waals surface area (Å²) in [6.45, 7) is 0. The highest BCUT2D eigenvalue weighted by molar-refractivity contribution is 5.79. The molecule has 0 amide bonds. The zero-order chi connectivity index (χ0) is 10.5. The second-order valence-corrected chi connectivity index (χ2v) is 4.11. The van der Waals surface area contributed by atoms with Crippen LogP contribution in [0.2, 0.25) is 0 Å². The molecule has 0 fully saturated rings. The molecule has 0 bridgehead atoms. The molecule has 15 heavy (non-hydrogen) atoms. The molecular weight excluding hydrogens is 198 g/mol. The average Bonchev–Trinajstić information content (AvgIpc) is 2.60. The van der Waals surface area contributed by atoms with Crippen molar-refractivity contribution in [1.29, 1.82) is 0 Å². The number of halogens is 2. The molecule has 0 atom stereocenters. The molecule has 0 radical (unpaired) electrons. The van der Waals surface area contributed by atoms with E-state index in [1.165, 1.54) is 0 Å². The molecular formula is C11H10F2N2. The molecule has 3 rings (SSSR count). The van der Waals surface area contributed by atoms with Crippen molar-refractivity contribution < 1.29 is 8.78 Å². The van der Waals surface area contributed by atoms with Gasteiger partial charge < -0.3 is 0 Å². The van der Waals surface area contributed by atoms with Crippen molar-refractivity contribution in [2.45, 2.75) is 25.2 Å². The lowest BCUT2D eigenvalue weighted by Gasteiger charge is -2.24. The van der Waals surface area contributed by atoms with Gasteiger partial charge in [-0.2, -0.15) is 5.10 Å². The van der Waals surface area contributed by atoms with Crippen molar-refractivity contribution in [3.8, 4) is 0 Å². The molecule has 0 saturated heterocycles. The zero-order valence-electron chi connectivity index (χ0n) is 8.06. The summed E-state index contributed by atoms with van der Waals surface area (Å²) in [5, 5.41) is 7.66. The maximum atomic E-state index is 13.2. The van der Waals surface area contributed by atoms with Crippen LogP contribution in [0.15, 0.2) is 18.3 Å². The van der Waals surface area contributed by atoms with Crippen LogP contribution in [0, 0.1) is 0 Å². The van der Waals surface area contributed by atoms with Crippen LogP contribution in [0.3, 0.4) is 0 Å². The van der Waals surface area contributed by atoms with Crippen LogP contribution in [-0.4, -0.2) is 16.1 Å². The lowest BCUT2D eigenvalue weighted by atomic mass is 9.88. The van der Waals surface area contributed by atoms with E-state index in [4.69, 9.17) is 0 Å². The summed E-state index contributed by atoms with van der Waals surface area (Å²) in [6.07, 6.45) is 1.95. The third-order valence-electron chi connectivity index (χ3n) is 2.97. The van der Waals surface area contributed by atoms with Crippen molar-refractivity contribution in [3.63, 3.8) is 0 Å². The van der Waals surface area contributed by atoms with E-state index in [1.807, 2.05) is 12.1 Å². The number of H-pyrrole nitrogens is 1. The maximum Gasteiger partial charge on any atom is 0.252 e. The summed E-state index contributed by atoms with van der Waals surface area (Å²) < 4.78 is 26.4. The summed E-state index contributed by atoms with van der Waals surface area (Å²) >= 11 is 0. The lowest BCUT2D eigenvalue weighted by molar-refractivity contribution is -0.0121. The number of aromatic nitrogens is 2. The molecule has 78 valence electrons. The number of rotatable bonds is 0. The third kappa shape index (κ3) is 1.40. The minimum Gasteiger partial charge on any atom is -0.278 e. The first-order chi connectivity index (χ1) is 7.14. The summed E-state index contributed by atoms with van der Waals surface area (Å²) in [6, 6.07) is 3.76. The summed E-state index contributed by atoms with van der Waals surface area (Å²) in [7, 11) is 0. The summed E-state index contributed by atoms with van der Waals surface area (Å²) in [5.74, 6) is -2.54. The molecule has 1 aliphatic carbocycles. The normalized spacial score (nSPS) is 19.1. The van der Waals surface area contributed by atoms with E-state index in [-0.39, 0.29) is 12.8 Å². The Balaban J connectivity index is 2.16. The van der Waals surface area contributed by atoms with Crippen LogP contribution in [0.25, 0.3) is 10.9 Å². The number of hydrogen-bond donors (Lipinski definition) is 1. The topological polar surface area (TPSA) is 28.7 Å². The molecule has 2 nitrogen and oxygen atoms in total. The van der Waals surface area contributed by atoms with E-state index < -0.39 is 5.92 Å². The Morgan fingerprint density at radius 3 is 3.00 bits per heavy atom.